The van der Waals surface area contributed by atoms with Crippen molar-refractivity contribution in [1.82, 2.24) is 0 Å². The van der Waals surface area contributed by atoms with Crippen molar-refractivity contribution in [1.29, 1.82) is 0 Å². The molecule has 0 saturated heterocycles. The molecule has 98 valence electrons. The Bertz CT molecular complexity index is 409. The molecule has 0 N–H and O–H groups in total. The zero-order chi connectivity index (χ0) is 13.6. The van der Waals surface area contributed by atoms with Gasteiger partial charge in [-0.1, -0.05) is 45.6 Å². The van der Waals surface area contributed by atoms with Crippen LogP contribution in [0.3, 0.4) is 0 Å². The maximum absolute atomic E-state index is 12.1. The largest absolute Gasteiger partial charge is 0.456 e. The minimum absolute atomic E-state index is 0.246. The molecule has 2 nitrogen and oxygen atoms in total. The molecule has 0 bridgehead atoms. The molecule has 0 atom stereocenters. The van der Waals surface area contributed by atoms with Crippen molar-refractivity contribution in [2.45, 2.75) is 45.6 Å². The minimum Gasteiger partial charge on any atom is -0.456 e. The molecule has 1 rings (SSSR count). The van der Waals surface area contributed by atoms with Crippen molar-refractivity contribution in [2.24, 2.45) is 0 Å². The van der Waals surface area contributed by atoms with E-state index in [4.69, 9.17) is 4.74 Å². The Kier molecular flexibility index (Phi) is 5.14. The Hall–Kier alpha value is -1.57. The van der Waals surface area contributed by atoms with E-state index in [0.29, 0.717) is 5.56 Å². The summed E-state index contributed by atoms with van der Waals surface area (Å²) in [4.78, 5) is 12.1. The summed E-state index contributed by atoms with van der Waals surface area (Å²) in [5.41, 5.74) is 1.19. The SMILES string of the molecule is C=Cc1cccc(C(=O)OC(CC)(CC)CC)c1. The Balaban J connectivity index is 2.90. The molecule has 2 heteroatoms. The fraction of sp³-hybridized carbons (Fsp3) is 0.438. The van der Waals surface area contributed by atoms with Crippen LogP contribution in [0.5, 0.6) is 0 Å². The Morgan fingerprint density at radius 1 is 1.28 bits per heavy atom. The summed E-state index contributed by atoms with van der Waals surface area (Å²) in [7, 11) is 0. The van der Waals surface area contributed by atoms with Crippen LogP contribution in [0.25, 0.3) is 6.08 Å². The second-order valence-corrected chi connectivity index (χ2v) is 4.46. The van der Waals surface area contributed by atoms with E-state index >= 15 is 0 Å². The van der Waals surface area contributed by atoms with Crippen LogP contribution in [0.2, 0.25) is 0 Å². The molecular formula is C16H22O2. The monoisotopic (exact) mass is 246 g/mol. The van der Waals surface area contributed by atoms with Gasteiger partial charge < -0.3 is 4.74 Å². The van der Waals surface area contributed by atoms with Gasteiger partial charge in [-0.3, -0.25) is 0 Å². The number of esters is 1. The average molecular weight is 246 g/mol. The molecule has 0 fully saturated rings. The summed E-state index contributed by atoms with van der Waals surface area (Å²) < 4.78 is 5.70. The first-order valence-corrected chi connectivity index (χ1v) is 6.56. The first-order chi connectivity index (χ1) is 8.60. The second-order valence-electron chi connectivity index (χ2n) is 4.46. The third-order valence-corrected chi connectivity index (χ3v) is 3.60. The number of benzene rings is 1. The molecule has 0 unspecified atom stereocenters. The predicted molar refractivity (Wildman–Crippen MR) is 75.6 cm³/mol. The van der Waals surface area contributed by atoms with Crippen molar-refractivity contribution >= 4 is 12.0 Å². The molecule has 0 aliphatic rings. The van der Waals surface area contributed by atoms with Gasteiger partial charge in [0.1, 0.15) is 5.60 Å². The number of rotatable bonds is 6. The summed E-state index contributed by atoms with van der Waals surface area (Å²) in [6, 6.07) is 7.35. The van der Waals surface area contributed by atoms with Gasteiger partial charge in [0.2, 0.25) is 0 Å². The van der Waals surface area contributed by atoms with Gasteiger partial charge in [-0.05, 0) is 37.0 Å². The molecule has 0 heterocycles. The van der Waals surface area contributed by atoms with Crippen molar-refractivity contribution in [3.05, 3.63) is 42.0 Å². The summed E-state index contributed by atoms with van der Waals surface area (Å²) in [5.74, 6) is -0.246. The summed E-state index contributed by atoms with van der Waals surface area (Å²) >= 11 is 0. The van der Waals surface area contributed by atoms with Crippen LogP contribution >= 0.6 is 0 Å². The van der Waals surface area contributed by atoms with Gasteiger partial charge in [0, 0.05) is 0 Å². The molecule has 18 heavy (non-hydrogen) atoms. The maximum Gasteiger partial charge on any atom is 0.338 e. The molecule has 0 saturated carbocycles. The van der Waals surface area contributed by atoms with Gasteiger partial charge in [0.25, 0.3) is 0 Å². The molecule has 1 aromatic carbocycles. The topological polar surface area (TPSA) is 26.3 Å². The van der Waals surface area contributed by atoms with E-state index in [9.17, 15) is 4.79 Å². The summed E-state index contributed by atoms with van der Waals surface area (Å²) in [5, 5.41) is 0. The lowest BCUT2D eigenvalue weighted by molar-refractivity contribution is -0.0249. The summed E-state index contributed by atoms with van der Waals surface area (Å²) in [6.07, 6.45) is 4.25. The second kappa shape index (κ2) is 6.39. The van der Waals surface area contributed by atoms with E-state index in [2.05, 4.69) is 27.4 Å². The Labute approximate surface area is 110 Å². The average Bonchev–Trinajstić information content (AvgIpc) is 2.44. The van der Waals surface area contributed by atoms with Gasteiger partial charge in [-0.25, -0.2) is 4.79 Å². The molecule has 0 aromatic heterocycles. The number of hydrogen-bond acceptors (Lipinski definition) is 2. The van der Waals surface area contributed by atoms with Crippen LogP contribution in [-0.4, -0.2) is 11.6 Å². The van der Waals surface area contributed by atoms with E-state index in [-0.39, 0.29) is 11.6 Å². The summed E-state index contributed by atoms with van der Waals surface area (Å²) in [6.45, 7) is 9.87. The first kappa shape index (κ1) is 14.5. The standard InChI is InChI=1S/C16H22O2/c1-5-13-10-9-11-14(12-13)15(17)18-16(6-2,7-3)8-4/h5,9-12H,1,6-8H2,2-4H3. The van der Waals surface area contributed by atoms with Crippen LogP contribution < -0.4 is 0 Å². The normalized spacial score (nSPS) is 11.1. The van der Waals surface area contributed by atoms with E-state index in [1.165, 1.54) is 0 Å². The third kappa shape index (κ3) is 3.22. The highest BCUT2D eigenvalue weighted by Gasteiger charge is 2.28. The number of ether oxygens (including phenoxy) is 1. The lowest BCUT2D eigenvalue weighted by Gasteiger charge is -2.30. The van der Waals surface area contributed by atoms with Crippen molar-refractivity contribution in [2.75, 3.05) is 0 Å². The molecule has 0 aliphatic heterocycles. The predicted octanol–water partition coefficient (Wildman–Crippen LogP) is 4.46. The van der Waals surface area contributed by atoms with Gasteiger partial charge in [0.15, 0.2) is 0 Å². The lowest BCUT2D eigenvalue weighted by atomic mass is 9.94. The molecule has 0 spiro atoms. The Morgan fingerprint density at radius 2 is 1.89 bits per heavy atom. The van der Waals surface area contributed by atoms with Crippen LogP contribution in [0.1, 0.15) is 56.0 Å². The van der Waals surface area contributed by atoms with E-state index < -0.39 is 0 Å². The molecule has 0 aliphatic carbocycles. The molecule has 0 amide bonds. The van der Waals surface area contributed by atoms with Crippen molar-refractivity contribution in [3.8, 4) is 0 Å². The zero-order valence-corrected chi connectivity index (χ0v) is 11.5. The van der Waals surface area contributed by atoms with Gasteiger partial charge in [0.05, 0.1) is 5.56 Å². The third-order valence-electron chi connectivity index (χ3n) is 3.60. The highest BCUT2D eigenvalue weighted by molar-refractivity contribution is 5.90. The van der Waals surface area contributed by atoms with E-state index in [0.717, 1.165) is 24.8 Å². The van der Waals surface area contributed by atoms with Crippen LogP contribution in [0.4, 0.5) is 0 Å². The highest BCUT2D eigenvalue weighted by Crippen LogP contribution is 2.26. The van der Waals surface area contributed by atoms with Crippen molar-refractivity contribution in [3.63, 3.8) is 0 Å². The fourth-order valence-corrected chi connectivity index (χ4v) is 2.01. The number of carbonyl (C=O) groups excluding carboxylic acids is 1. The van der Waals surface area contributed by atoms with Crippen LogP contribution in [0, 0.1) is 0 Å². The van der Waals surface area contributed by atoms with Crippen LogP contribution in [0.15, 0.2) is 30.8 Å². The maximum atomic E-state index is 12.1. The van der Waals surface area contributed by atoms with Crippen LogP contribution in [-0.2, 0) is 4.74 Å². The minimum atomic E-state index is -0.332. The molecule has 0 radical (unpaired) electrons. The number of carbonyl (C=O) groups is 1. The van der Waals surface area contributed by atoms with Gasteiger partial charge >= 0.3 is 5.97 Å². The first-order valence-electron chi connectivity index (χ1n) is 6.56. The fourth-order valence-electron chi connectivity index (χ4n) is 2.01. The van der Waals surface area contributed by atoms with Gasteiger partial charge in [-0.2, -0.15) is 0 Å². The molecular weight excluding hydrogens is 224 g/mol. The quantitative estimate of drug-likeness (QED) is 0.693. The molecule has 1 aromatic rings. The lowest BCUT2D eigenvalue weighted by Crippen LogP contribution is -2.33. The van der Waals surface area contributed by atoms with Gasteiger partial charge in [-0.15, -0.1) is 0 Å². The zero-order valence-electron chi connectivity index (χ0n) is 11.5. The smallest absolute Gasteiger partial charge is 0.338 e. The van der Waals surface area contributed by atoms with Crippen molar-refractivity contribution < 1.29 is 9.53 Å². The van der Waals surface area contributed by atoms with E-state index in [1.54, 1.807) is 18.2 Å². The highest BCUT2D eigenvalue weighted by atomic mass is 16.6. The Morgan fingerprint density at radius 3 is 2.39 bits per heavy atom. The van der Waals surface area contributed by atoms with E-state index in [1.807, 2.05) is 12.1 Å². The number of hydrogen-bond donors (Lipinski definition) is 0.